The minimum Gasteiger partial charge on any atom is -0.481 e. The number of rotatable bonds is 16. The van der Waals surface area contributed by atoms with E-state index >= 15 is 0 Å². The summed E-state index contributed by atoms with van der Waals surface area (Å²) in [4.78, 5) is 33.1. The zero-order valence-electron chi connectivity index (χ0n) is 13.1. The number of carbonyl (C=O) groups is 2. The van der Waals surface area contributed by atoms with E-state index in [1.165, 1.54) is 0 Å². The summed E-state index contributed by atoms with van der Waals surface area (Å²) in [6.07, 6.45) is 1.05. The smallest absolute Gasteiger partial charge is 0.317 e. The maximum absolute atomic E-state index is 10.8. The van der Waals surface area contributed by atoms with Gasteiger partial charge in [-0.1, -0.05) is 0 Å². The van der Waals surface area contributed by atoms with Crippen LogP contribution in [0.15, 0.2) is 0 Å². The molecule has 0 unspecified atom stereocenters. The molecule has 0 aliphatic rings. The number of hydrogen-bond donors (Lipinski definition) is 4. The van der Waals surface area contributed by atoms with Gasteiger partial charge in [-0.3, -0.25) is 25.0 Å². The van der Waals surface area contributed by atoms with E-state index in [0.717, 1.165) is 0 Å². The molecule has 0 aliphatic carbocycles. The van der Waals surface area contributed by atoms with E-state index in [-0.39, 0.29) is 32.7 Å². The molecule has 0 saturated carbocycles. The standard InChI is InChI=1S/C13H26N2O8/c16-12(17)3-6-15(11-13(18)19)8-7-14(4-1-9-22-20)5-2-10-23-21/h20-21H,1-11H2,(H,16,17)(H,18,19). The molecule has 0 amide bonds. The SMILES string of the molecule is O=C(O)CCN(CCN(CCCOO)CCCOO)CC(=O)O. The third kappa shape index (κ3) is 14.0. The molecule has 0 atom stereocenters. The summed E-state index contributed by atoms with van der Waals surface area (Å²) >= 11 is 0. The van der Waals surface area contributed by atoms with Crippen molar-refractivity contribution >= 4 is 11.9 Å². The summed E-state index contributed by atoms with van der Waals surface area (Å²) in [6.45, 7) is 2.48. The highest BCUT2D eigenvalue weighted by Crippen LogP contribution is 1.99. The Balaban J connectivity index is 4.33. The second kappa shape index (κ2) is 14.3. The summed E-state index contributed by atoms with van der Waals surface area (Å²) in [6, 6.07) is 0. The van der Waals surface area contributed by atoms with E-state index in [4.69, 9.17) is 20.7 Å². The van der Waals surface area contributed by atoms with Crippen molar-refractivity contribution in [3.63, 3.8) is 0 Å². The van der Waals surface area contributed by atoms with E-state index in [1.54, 1.807) is 4.90 Å². The summed E-state index contributed by atoms with van der Waals surface area (Å²) in [5.41, 5.74) is 0. The molecule has 23 heavy (non-hydrogen) atoms. The second-order valence-electron chi connectivity index (χ2n) is 5.03. The topological polar surface area (TPSA) is 140 Å². The lowest BCUT2D eigenvalue weighted by molar-refractivity contribution is -0.244. The minimum absolute atomic E-state index is 0.121. The first-order chi connectivity index (χ1) is 11.0. The molecule has 0 heterocycles. The number of hydrogen-bond acceptors (Lipinski definition) is 8. The Bertz CT molecular complexity index is 319. The number of aliphatic carboxylic acids is 2. The Morgan fingerprint density at radius 1 is 0.739 bits per heavy atom. The molecule has 0 rings (SSSR count). The Kier molecular flexibility index (Phi) is 13.5. The van der Waals surface area contributed by atoms with Crippen LogP contribution in [-0.2, 0) is 19.4 Å². The molecule has 0 radical (unpaired) electrons. The minimum atomic E-state index is -1.01. The predicted molar refractivity (Wildman–Crippen MR) is 79.2 cm³/mol. The van der Waals surface area contributed by atoms with Gasteiger partial charge >= 0.3 is 11.9 Å². The molecule has 0 aliphatic heterocycles. The average molecular weight is 338 g/mol. The maximum atomic E-state index is 10.8. The van der Waals surface area contributed by atoms with Gasteiger partial charge in [0.25, 0.3) is 0 Å². The number of carboxylic acid groups (broad SMARTS) is 2. The van der Waals surface area contributed by atoms with Crippen LogP contribution in [0.4, 0.5) is 0 Å². The first kappa shape index (κ1) is 21.7. The van der Waals surface area contributed by atoms with Gasteiger partial charge in [0.2, 0.25) is 0 Å². The molecule has 0 saturated heterocycles. The fourth-order valence-corrected chi connectivity index (χ4v) is 2.04. The molecule has 0 aromatic heterocycles. The largest absolute Gasteiger partial charge is 0.481 e. The Morgan fingerprint density at radius 2 is 1.26 bits per heavy atom. The summed E-state index contributed by atoms with van der Waals surface area (Å²) in [7, 11) is 0. The first-order valence-corrected chi connectivity index (χ1v) is 7.40. The van der Waals surface area contributed by atoms with Crippen molar-refractivity contribution in [3.8, 4) is 0 Å². The lowest BCUT2D eigenvalue weighted by atomic mass is 10.3. The van der Waals surface area contributed by atoms with Crippen LogP contribution in [-0.4, -0.2) is 94.9 Å². The molecule has 0 spiro atoms. The Labute approximate surface area is 134 Å². The van der Waals surface area contributed by atoms with Crippen LogP contribution < -0.4 is 0 Å². The zero-order valence-corrected chi connectivity index (χ0v) is 13.1. The normalized spacial score (nSPS) is 11.3. The van der Waals surface area contributed by atoms with Gasteiger partial charge in [0.1, 0.15) is 0 Å². The second-order valence-corrected chi connectivity index (χ2v) is 5.03. The van der Waals surface area contributed by atoms with Gasteiger partial charge in [-0.05, 0) is 12.8 Å². The van der Waals surface area contributed by atoms with Gasteiger partial charge in [-0.25, -0.2) is 9.78 Å². The molecule has 0 fully saturated rings. The summed E-state index contributed by atoms with van der Waals surface area (Å²) < 4.78 is 0. The molecule has 10 heteroatoms. The average Bonchev–Trinajstić information content (AvgIpc) is 2.49. The van der Waals surface area contributed by atoms with Crippen LogP contribution in [0.5, 0.6) is 0 Å². The van der Waals surface area contributed by atoms with Crippen molar-refractivity contribution in [3.05, 3.63) is 0 Å². The summed E-state index contributed by atoms with van der Waals surface area (Å²) in [5, 5.41) is 34.2. The van der Waals surface area contributed by atoms with Gasteiger partial charge in [0.15, 0.2) is 0 Å². The van der Waals surface area contributed by atoms with E-state index in [1.807, 2.05) is 4.90 Å². The van der Waals surface area contributed by atoms with Crippen molar-refractivity contribution in [1.82, 2.24) is 9.80 Å². The Morgan fingerprint density at radius 3 is 1.70 bits per heavy atom. The summed E-state index contributed by atoms with van der Waals surface area (Å²) in [5.74, 6) is -1.98. The third-order valence-electron chi connectivity index (χ3n) is 3.15. The Hall–Kier alpha value is -1.30. The van der Waals surface area contributed by atoms with Crippen molar-refractivity contribution in [2.75, 3.05) is 52.5 Å². The molecular weight excluding hydrogens is 312 g/mol. The quantitative estimate of drug-likeness (QED) is 0.171. The van der Waals surface area contributed by atoms with Gasteiger partial charge < -0.3 is 15.1 Å². The van der Waals surface area contributed by atoms with Gasteiger partial charge in [-0.2, -0.15) is 0 Å². The molecule has 136 valence electrons. The van der Waals surface area contributed by atoms with E-state index in [9.17, 15) is 9.59 Å². The van der Waals surface area contributed by atoms with Crippen LogP contribution in [0.3, 0.4) is 0 Å². The lowest BCUT2D eigenvalue weighted by Crippen LogP contribution is -2.40. The highest BCUT2D eigenvalue weighted by atomic mass is 17.1. The van der Waals surface area contributed by atoms with Gasteiger partial charge in [0, 0.05) is 32.7 Å². The third-order valence-corrected chi connectivity index (χ3v) is 3.15. The first-order valence-electron chi connectivity index (χ1n) is 7.40. The van der Waals surface area contributed by atoms with E-state index < -0.39 is 11.9 Å². The van der Waals surface area contributed by atoms with Crippen LogP contribution in [0.1, 0.15) is 19.3 Å². The maximum Gasteiger partial charge on any atom is 0.317 e. The highest BCUT2D eigenvalue weighted by Gasteiger charge is 2.13. The van der Waals surface area contributed by atoms with E-state index in [2.05, 4.69) is 9.78 Å². The highest BCUT2D eigenvalue weighted by molar-refractivity contribution is 5.69. The molecule has 0 aromatic rings. The molecule has 0 aromatic carbocycles. The lowest BCUT2D eigenvalue weighted by Gasteiger charge is -2.26. The molecule has 10 nitrogen and oxygen atoms in total. The van der Waals surface area contributed by atoms with Crippen LogP contribution in [0, 0.1) is 0 Å². The zero-order chi connectivity index (χ0) is 17.5. The number of carboxylic acids is 2. The van der Waals surface area contributed by atoms with Crippen LogP contribution >= 0.6 is 0 Å². The molecule has 0 bridgehead atoms. The van der Waals surface area contributed by atoms with Crippen LogP contribution in [0.2, 0.25) is 0 Å². The van der Waals surface area contributed by atoms with Crippen LogP contribution in [0.25, 0.3) is 0 Å². The number of nitrogens with zero attached hydrogens (tertiary/aromatic N) is 2. The van der Waals surface area contributed by atoms with Gasteiger partial charge in [0.05, 0.1) is 26.2 Å². The van der Waals surface area contributed by atoms with E-state index in [0.29, 0.717) is 39.0 Å². The van der Waals surface area contributed by atoms with Crippen molar-refractivity contribution < 1.29 is 40.1 Å². The molecule has 4 N–H and O–H groups in total. The van der Waals surface area contributed by atoms with Crippen molar-refractivity contribution in [2.45, 2.75) is 19.3 Å². The fourth-order valence-electron chi connectivity index (χ4n) is 2.04. The molecular formula is C13H26N2O8. The van der Waals surface area contributed by atoms with Crippen molar-refractivity contribution in [1.29, 1.82) is 0 Å². The monoisotopic (exact) mass is 338 g/mol. The van der Waals surface area contributed by atoms with Gasteiger partial charge in [-0.15, -0.1) is 0 Å². The van der Waals surface area contributed by atoms with Crippen molar-refractivity contribution in [2.24, 2.45) is 0 Å². The fraction of sp³-hybridized carbons (Fsp3) is 0.846. The predicted octanol–water partition coefficient (Wildman–Crippen LogP) is -0.0909.